The topological polar surface area (TPSA) is 58.2 Å². The van der Waals surface area contributed by atoms with E-state index in [1.165, 1.54) is 12.1 Å². The van der Waals surface area contributed by atoms with Gasteiger partial charge in [0, 0.05) is 40.5 Å². The lowest BCUT2D eigenvalue weighted by molar-refractivity contribution is 0.241. The monoisotopic (exact) mass is 332 g/mol. The summed E-state index contributed by atoms with van der Waals surface area (Å²) in [4.78, 5) is 11.5. The number of hydrogen-bond acceptors (Lipinski definition) is 2. The van der Waals surface area contributed by atoms with Crippen molar-refractivity contribution in [3.8, 4) is 0 Å². The van der Waals surface area contributed by atoms with Crippen molar-refractivity contribution in [2.24, 2.45) is 0 Å². The third-order valence-corrected chi connectivity index (χ3v) is 4.89. The number of carbonyl (C=O) groups excluding carboxylic acids is 1. The highest BCUT2D eigenvalue weighted by Crippen LogP contribution is 2.10. The summed E-state index contributed by atoms with van der Waals surface area (Å²) in [6.07, 6.45) is 0.271. The molecule has 22 heavy (non-hydrogen) atoms. The molecule has 1 rings (SSSR count). The zero-order chi connectivity index (χ0) is 16.8. The minimum absolute atomic E-state index is 0.233. The molecule has 1 aromatic rings. The summed E-state index contributed by atoms with van der Waals surface area (Å²) in [7, 11) is -1.02. The SMILES string of the molecule is CC(C)(C)[S@@](=O)CCNC(=O)NCCc1ccc(F)cc1F. The van der Waals surface area contributed by atoms with Crippen LogP contribution in [0.1, 0.15) is 26.3 Å². The Bertz CT molecular complexity index is 545. The van der Waals surface area contributed by atoms with E-state index in [0.717, 1.165) is 6.07 Å². The van der Waals surface area contributed by atoms with E-state index in [2.05, 4.69) is 10.6 Å². The number of halogens is 2. The molecule has 0 spiro atoms. The van der Waals surface area contributed by atoms with Gasteiger partial charge in [-0.25, -0.2) is 13.6 Å². The molecule has 1 aromatic carbocycles. The van der Waals surface area contributed by atoms with Gasteiger partial charge in [-0.1, -0.05) is 6.07 Å². The molecule has 0 saturated heterocycles. The van der Waals surface area contributed by atoms with E-state index in [0.29, 0.717) is 17.9 Å². The van der Waals surface area contributed by atoms with Gasteiger partial charge in [-0.3, -0.25) is 4.21 Å². The van der Waals surface area contributed by atoms with Crippen molar-refractivity contribution >= 4 is 16.8 Å². The zero-order valence-electron chi connectivity index (χ0n) is 13.0. The number of benzene rings is 1. The van der Waals surface area contributed by atoms with Crippen LogP contribution in [0, 0.1) is 11.6 Å². The molecular formula is C15H22F2N2O2S. The molecule has 0 radical (unpaired) electrons. The smallest absolute Gasteiger partial charge is 0.314 e. The molecule has 0 fully saturated rings. The van der Waals surface area contributed by atoms with Crippen molar-refractivity contribution in [1.29, 1.82) is 0 Å². The van der Waals surface area contributed by atoms with Crippen LogP contribution in [0.25, 0.3) is 0 Å². The Balaban J connectivity index is 2.25. The highest BCUT2D eigenvalue weighted by Gasteiger charge is 2.18. The van der Waals surface area contributed by atoms with Crippen LogP contribution in [0.4, 0.5) is 13.6 Å². The summed E-state index contributed by atoms with van der Waals surface area (Å²) in [6.45, 7) is 6.17. The number of hydrogen-bond donors (Lipinski definition) is 2. The Hall–Kier alpha value is -1.50. The van der Waals surface area contributed by atoms with E-state index in [1.54, 1.807) is 0 Å². The average molecular weight is 332 g/mol. The van der Waals surface area contributed by atoms with Crippen LogP contribution < -0.4 is 10.6 Å². The van der Waals surface area contributed by atoms with Gasteiger partial charge in [0.25, 0.3) is 0 Å². The third kappa shape index (κ3) is 6.51. The second-order valence-electron chi connectivity index (χ2n) is 5.83. The Kier molecular flexibility index (Phi) is 6.93. The molecule has 0 aliphatic heterocycles. The Morgan fingerprint density at radius 2 is 1.82 bits per heavy atom. The highest BCUT2D eigenvalue weighted by atomic mass is 32.2. The lowest BCUT2D eigenvalue weighted by Crippen LogP contribution is -2.39. The molecule has 2 amide bonds. The molecule has 1 atom stereocenters. The Morgan fingerprint density at radius 3 is 2.41 bits per heavy atom. The first-order valence-electron chi connectivity index (χ1n) is 7.04. The molecule has 7 heteroatoms. The quantitative estimate of drug-likeness (QED) is 0.840. The van der Waals surface area contributed by atoms with Gasteiger partial charge in [-0.15, -0.1) is 0 Å². The normalized spacial score (nSPS) is 12.8. The molecule has 124 valence electrons. The van der Waals surface area contributed by atoms with Crippen molar-refractivity contribution < 1.29 is 17.8 Å². The number of urea groups is 1. The lowest BCUT2D eigenvalue weighted by Gasteiger charge is -2.17. The van der Waals surface area contributed by atoms with E-state index in [1.807, 2.05) is 20.8 Å². The second-order valence-corrected chi connectivity index (χ2v) is 8.15. The lowest BCUT2D eigenvalue weighted by atomic mass is 10.1. The first kappa shape index (κ1) is 18.5. The second kappa shape index (κ2) is 8.22. The number of rotatable bonds is 6. The van der Waals surface area contributed by atoms with E-state index in [4.69, 9.17) is 0 Å². The Labute approximate surface area is 132 Å². The largest absolute Gasteiger partial charge is 0.338 e. The average Bonchev–Trinajstić information content (AvgIpc) is 2.40. The van der Waals surface area contributed by atoms with Gasteiger partial charge in [0.05, 0.1) is 0 Å². The molecular weight excluding hydrogens is 310 g/mol. The summed E-state index contributed by atoms with van der Waals surface area (Å²) in [5.41, 5.74) is 0.343. The molecule has 4 nitrogen and oxygen atoms in total. The maximum atomic E-state index is 13.4. The van der Waals surface area contributed by atoms with E-state index in [9.17, 15) is 17.8 Å². The van der Waals surface area contributed by atoms with Crippen LogP contribution >= 0.6 is 0 Å². The van der Waals surface area contributed by atoms with E-state index in [-0.39, 0.29) is 17.7 Å². The molecule has 0 aliphatic rings. The number of amides is 2. The van der Waals surface area contributed by atoms with Gasteiger partial charge in [0.1, 0.15) is 11.6 Å². The van der Waals surface area contributed by atoms with Crippen molar-refractivity contribution in [2.75, 3.05) is 18.8 Å². The van der Waals surface area contributed by atoms with Crippen molar-refractivity contribution in [3.05, 3.63) is 35.4 Å². The molecule has 0 saturated carbocycles. The van der Waals surface area contributed by atoms with Crippen molar-refractivity contribution in [2.45, 2.75) is 31.9 Å². The zero-order valence-corrected chi connectivity index (χ0v) is 13.9. The summed E-state index contributed by atoms with van der Waals surface area (Å²) < 4.78 is 37.6. The van der Waals surface area contributed by atoms with Gasteiger partial charge >= 0.3 is 6.03 Å². The number of carbonyl (C=O) groups is 1. The number of nitrogens with one attached hydrogen (secondary N) is 2. The van der Waals surface area contributed by atoms with Gasteiger partial charge < -0.3 is 10.6 Å². The van der Waals surface area contributed by atoms with Crippen molar-refractivity contribution in [1.82, 2.24) is 10.6 Å². The molecule has 0 aromatic heterocycles. The van der Waals surface area contributed by atoms with Gasteiger partial charge in [0.2, 0.25) is 0 Å². The summed E-state index contributed by atoms with van der Waals surface area (Å²) >= 11 is 0. The van der Waals surface area contributed by atoms with Gasteiger partial charge in [-0.2, -0.15) is 0 Å². The van der Waals surface area contributed by atoms with Gasteiger partial charge in [0.15, 0.2) is 0 Å². The Morgan fingerprint density at radius 1 is 1.18 bits per heavy atom. The van der Waals surface area contributed by atoms with E-state index >= 15 is 0 Å². The maximum absolute atomic E-state index is 13.4. The summed E-state index contributed by atoms with van der Waals surface area (Å²) in [6, 6.07) is 2.96. The maximum Gasteiger partial charge on any atom is 0.314 e. The van der Waals surface area contributed by atoms with Crippen LogP contribution in [-0.4, -0.2) is 33.8 Å². The van der Waals surface area contributed by atoms with Crippen LogP contribution in [0.3, 0.4) is 0 Å². The summed E-state index contributed by atoms with van der Waals surface area (Å²) in [5.74, 6) is -0.870. The molecule has 0 aliphatic carbocycles. The minimum atomic E-state index is -1.02. The van der Waals surface area contributed by atoms with Crippen LogP contribution in [0.15, 0.2) is 18.2 Å². The molecule has 0 bridgehead atoms. The van der Waals surface area contributed by atoms with E-state index < -0.39 is 28.5 Å². The molecule has 0 heterocycles. The minimum Gasteiger partial charge on any atom is -0.338 e. The fourth-order valence-corrected chi connectivity index (χ4v) is 2.56. The van der Waals surface area contributed by atoms with Gasteiger partial charge in [-0.05, 0) is 38.8 Å². The van der Waals surface area contributed by atoms with Crippen LogP contribution in [0.5, 0.6) is 0 Å². The fourth-order valence-electron chi connectivity index (χ4n) is 1.66. The fraction of sp³-hybridized carbons (Fsp3) is 0.533. The third-order valence-electron chi connectivity index (χ3n) is 2.95. The predicted octanol–water partition coefficient (Wildman–Crippen LogP) is 2.35. The molecule has 2 N–H and O–H groups in total. The highest BCUT2D eigenvalue weighted by molar-refractivity contribution is 7.86. The first-order valence-corrected chi connectivity index (χ1v) is 8.36. The van der Waals surface area contributed by atoms with Crippen molar-refractivity contribution in [3.63, 3.8) is 0 Å². The van der Waals surface area contributed by atoms with Crippen LogP contribution in [-0.2, 0) is 17.2 Å². The summed E-state index contributed by atoms with van der Waals surface area (Å²) in [5, 5.41) is 5.17. The predicted molar refractivity (Wildman–Crippen MR) is 84.2 cm³/mol. The standard InChI is InChI=1S/C15H22F2N2O2S/c1-15(2,3)22(21)9-8-19-14(20)18-7-6-11-4-5-12(16)10-13(11)17/h4-5,10H,6-9H2,1-3H3,(H2,18,19,20)/t22-/m0/s1. The molecule has 0 unspecified atom stereocenters. The first-order chi connectivity index (χ1) is 10.2. The van der Waals surface area contributed by atoms with Crippen LogP contribution in [0.2, 0.25) is 0 Å².